The van der Waals surface area contributed by atoms with Gasteiger partial charge in [0.2, 0.25) is 0 Å². The van der Waals surface area contributed by atoms with E-state index < -0.39 is 17.4 Å². The molecule has 0 aliphatic carbocycles. The minimum absolute atomic E-state index is 0.0440. The number of aromatic nitrogens is 2. The average Bonchev–Trinajstić information content (AvgIpc) is 3.22. The molecule has 1 saturated heterocycles. The Bertz CT molecular complexity index is 1110. The third-order valence-corrected chi connectivity index (χ3v) is 6.61. The average molecular weight is 459 g/mol. The Morgan fingerprint density at radius 1 is 1.31 bits per heavy atom. The molecule has 0 spiro atoms. The second-order valence-corrected chi connectivity index (χ2v) is 8.96. The van der Waals surface area contributed by atoms with Gasteiger partial charge in [-0.15, -0.1) is 11.3 Å². The molecule has 32 heavy (non-hydrogen) atoms. The van der Waals surface area contributed by atoms with E-state index in [1.54, 1.807) is 12.4 Å². The summed E-state index contributed by atoms with van der Waals surface area (Å²) in [6.07, 6.45) is 5.45. The molecule has 0 saturated carbocycles. The summed E-state index contributed by atoms with van der Waals surface area (Å²) in [5.41, 5.74) is 7.71. The second kappa shape index (κ2) is 9.30. The number of halogens is 2. The molecule has 1 fully saturated rings. The van der Waals surface area contributed by atoms with Crippen LogP contribution < -0.4 is 10.6 Å². The number of phenols is 1. The molecule has 168 valence electrons. The first-order valence-electron chi connectivity index (χ1n) is 10.5. The number of anilines is 1. The van der Waals surface area contributed by atoms with E-state index in [2.05, 4.69) is 21.8 Å². The van der Waals surface area contributed by atoms with Crippen molar-refractivity contribution in [2.75, 3.05) is 18.0 Å². The van der Waals surface area contributed by atoms with Crippen LogP contribution in [0.25, 0.3) is 10.6 Å². The Kier molecular flexibility index (Phi) is 6.48. The van der Waals surface area contributed by atoms with Gasteiger partial charge in [0.25, 0.3) is 0 Å². The Hall–Kier alpha value is -2.91. The van der Waals surface area contributed by atoms with Crippen LogP contribution in [0.4, 0.5) is 14.5 Å². The van der Waals surface area contributed by atoms with Gasteiger partial charge < -0.3 is 15.7 Å². The van der Waals surface area contributed by atoms with Crippen molar-refractivity contribution in [3.8, 4) is 16.3 Å². The maximum absolute atomic E-state index is 14.2. The lowest BCUT2D eigenvalue weighted by atomic mass is 9.91. The van der Waals surface area contributed by atoms with Crippen LogP contribution in [0.3, 0.4) is 0 Å². The first-order valence-corrected chi connectivity index (χ1v) is 11.3. The third kappa shape index (κ3) is 4.63. The number of ketones is 1. The van der Waals surface area contributed by atoms with E-state index in [1.807, 2.05) is 6.07 Å². The Morgan fingerprint density at radius 2 is 2.06 bits per heavy atom. The van der Waals surface area contributed by atoms with E-state index in [0.29, 0.717) is 12.5 Å². The molecule has 1 aliphatic rings. The Morgan fingerprint density at radius 3 is 2.78 bits per heavy atom. The molecule has 3 aromatic rings. The van der Waals surface area contributed by atoms with Crippen LogP contribution in [0.1, 0.15) is 35.8 Å². The van der Waals surface area contributed by atoms with E-state index >= 15 is 0 Å². The van der Waals surface area contributed by atoms with Crippen molar-refractivity contribution in [2.24, 2.45) is 11.7 Å². The number of thiazole rings is 1. The van der Waals surface area contributed by atoms with Gasteiger partial charge in [0, 0.05) is 66.7 Å². The van der Waals surface area contributed by atoms with Crippen LogP contribution in [-0.2, 0) is 6.42 Å². The van der Waals surface area contributed by atoms with Crippen molar-refractivity contribution in [1.82, 2.24) is 9.97 Å². The second-order valence-electron chi connectivity index (χ2n) is 8.10. The molecule has 3 heterocycles. The van der Waals surface area contributed by atoms with E-state index in [0.717, 1.165) is 54.1 Å². The van der Waals surface area contributed by atoms with Crippen molar-refractivity contribution in [3.63, 3.8) is 0 Å². The fraction of sp³-hybridized carbons (Fsp3) is 0.348. The standard InChI is InChI=1S/C23H24F2N4O2S/c1-2-13-5-15(26)11-29(10-13)20-3-4-27-9-14(20)6-21(31)19-12-32-23(28-19)22-17(24)7-16(30)8-18(22)25/h3-4,7-9,12-13,15,30H,2,5-6,10-11,26H2,1H3/t13-,15+/m1/s1. The highest BCUT2D eigenvalue weighted by Crippen LogP contribution is 2.32. The number of hydrogen-bond acceptors (Lipinski definition) is 7. The van der Waals surface area contributed by atoms with Crippen molar-refractivity contribution in [3.05, 3.63) is 58.9 Å². The zero-order valence-electron chi connectivity index (χ0n) is 17.6. The van der Waals surface area contributed by atoms with Crippen molar-refractivity contribution < 1.29 is 18.7 Å². The van der Waals surface area contributed by atoms with Gasteiger partial charge in [-0.05, 0) is 18.4 Å². The highest BCUT2D eigenvalue weighted by atomic mass is 32.1. The lowest BCUT2D eigenvalue weighted by Crippen LogP contribution is -2.47. The van der Waals surface area contributed by atoms with Crippen molar-refractivity contribution in [2.45, 2.75) is 32.2 Å². The van der Waals surface area contributed by atoms with Gasteiger partial charge in [-0.2, -0.15) is 0 Å². The van der Waals surface area contributed by atoms with Gasteiger partial charge in [0.05, 0.1) is 5.56 Å². The topological polar surface area (TPSA) is 92.3 Å². The van der Waals surface area contributed by atoms with E-state index in [4.69, 9.17) is 5.73 Å². The van der Waals surface area contributed by atoms with E-state index in [9.17, 15) is 18.7 Å². The number of pyridine rings is 1. The Balaban J connectivity index is 1.56. The third-order valence-electron chi connectivity index (χ3n) is 5.75. The molecule has 0 radical (unpaired) electrons. The lowest BCUT2D eigenvalue weighted by molar-refractivity contribution is 0.0989. The molecule has 0 amide bonds. The van der Waals surface area contributed by atoms with Crippen LogP contribution in [0.5, 0.6) is 5.75 Å². The molecular formula is C23H24F2N4O2S. The van der Waals surface area contributed by atoms with Crippen molar-refractivity contribution in [1.29, 1.82) is 0 Å². The summed E-state index contributed by atoms with van der Waals surface area (Å²) >= 11 is 0.975. The summed E-state index contributed by atoms with van der Waals surface area (Å²) in [5, 5.41) is 10.9. The molecule has 6 nitrogen and oxygen atoms in total. The summed E-state index contributed by atoms with van der Waals surface area (Å²) in [4.78, 5) is 23.5. The summed E-state index contributed by atoms with van der Waals surface area (Å²) in [6, 6.07) is 3.59. The zero-order chi connectivity index (χ0) is 22.8. The first-order chi connectivity index (χ1) is 15.4. The highest BCUT2D eigenvalue weighted by Gasteiger charge is 2.26. The normalized spacial score (nSPS) is 18.7. The zero-order valence-corrected chi connectivity index (χ0v) is 18.4. The first kappa shape index (κ1) is 22.3. The number of Topliss-reactive ketones (excluding diaryl/α,β-unsaturated/α-hetero) is 1. The van der Waals surface area contributed by atoms with Gasteiger partial charge in [-0.25, -0.2) is 13.8 Å². The van der Waals surface area contributed by atoms with Gasteiger partial charge in [-0.1, -0.05) is 13.3 Å². The smallest absolute Gasteiger partial charge is 0.186 e. The number of rotatable bonds is 6. The minimum atomic E-state index is -0.933. The molecule has 1 aromatic carbocycles. The van der Waals surface area contributed by atoms with Crippen molar-refractivity contribution >= 4 is 22.8 Å². The molecule has 2 aromatic heterocycles. The fourth-order valence-electron chi connectivity index (χ4n) is 4.15. The maximum Gasteiger partial charge on any atom is 0.186 e. The number of carbonyl (C=O) groups is 1. The number of benzene rings is 1. The number of nitrogens with two attached hydrogens (primary N) is 1. The molecule has 1 aliphatic heterocycles. The summed E-state index contributed by atoms with van der Waals surface area (Å²) in [5.74, 6) is -2.15. The van der Waals surface area contributed by atoms with Gasteiger partial charge >= 0.3 is 0 Å². The molecule has 0 unspecified atom stereocenters. The predicted molar refractivity (Wildman–Crippen MR) is 120 cm³/mol. The molecule has 3 N–H and O–H groups in total. The van der Waals surface area contributed by atoms with Gasteiger partial charge in [0.15, 0.2) is 5.78 Å². The molecule has 2 atom stereocenters. The number of nitrogens with zero attached hydrogens (tertiary/aromatic N) is 3. The van der Waals surface area contributed by atoms with E-state index in [-0.39, 0.29) is 34.5 Å². The minimum Gasteiger partial charge on any atom is -0.508 e. The SMILES string of the molecule is CC[C@@H]1C[C@H](N)CN(c2ccncc2CC(=O)c2csc(-c3c(F)cc(O)cc3F)n2)C1. The van der Waals surface area contributed by atoms with Crippen LogP contribution >= 0.6 is 11.3 Å². The Labute approximate surface area is 188 Å². The lowest BCUT2D eigenvalue weighted by Gasteiger charge is -2.38. The molecular weight excluding hydrogens is 434 g/mol. The molecule has 4 rings (SSSR count). The fourth-order valence-corrected chi connectivity index (χ4v) is 5.02. The van der Waals surface area contributed by atoms with Gasteiger partial charge in [0.1, 0.15) is 28.1 Å². The van der Waals surface area contributed by atoms with Crippen LogP contribution in [0, 0.1) is 17.6 Å². The molecule has 0 bridgehead atoms. The largest absolute Gasteiger partial charge is 0.508 e. The maximum atomic E-state index is 14.2. The van der Waals surface area contributed by atoms with Crippen LogP contribution in [0.2, 0.25) is 0 Å². The number of hydrogen-bond donors (Lipinski definition) is 2. The molecule has 9 heteroatoms. The van der Waals surface area contributed by atoms with Crippen LogP contribution in [0.15, 0.2) is 36.0 Å². The summed E-state index contributed by atoms with van der Waals surface area (Å²) in [6.45, 7) is 3.73. The van der Waals surface area contributed by atoms with Gasteiger partial charge in [-0.3, -0.25) is 9.78 Å². The summed E-state index contributed by atoms with van der Waals surface area (Å²) < 4.78 is 28.3. The number of aromatic hydroxyl groups is 1. The van der Waals surface area contributed by atoms with Crippen LogP contribution in [-0.4, -0.2) is 40.0 Å². The quantitative estimate of drug-likeness (QED) is 0.539. The highest BCUT2D eigenvalue weighted by molar-refractivity contribution is 7.13. The number of piperidine rings is 1. The number of carbonyl (C=O) groups excluding carboxylic acids is 1. The summed E-state index contributed by atoms with van der Waals surface area (Å²) in [7, 11) is 0. The number of phenolic OH excluding ortho intramolecular Hbond substituents is 1. The van der Waals surface area contributed by atoms with E-state index in [1.165, 1.54) is 5.38 Å². The monoisotopic (exact) mass is 458 g/mol. The predicted octanol–water partition coefficient (Wildman–Crippen LogP) is 4.18.